The van der Waals surface area contributed by atoms with Gasteiger partial charge in [0.05, 0.1) is 11.9 Å². The van der Waals surface area contributed by atoms with E-state index in [0.717, 1.165) is 16.8 Å². The lowest BCUT2D eigenvalue weighted by molar-refractivity contribution is -0.118. The first-order chi connectivity index (χ1) is 13.0. The quantitative estimate of drug-likeness (QED) is 0.622. The minimum atomic E-state index is -0.244. The molecule has 0 spiro atoms. The van der Waals surface area contributed by atoms with E-state index < -0.39 is 0 Å². The molecule has 0 radical (unpaired) electrons. The summed E-state index contributed by atoms with van der Waals surface area (Å²) in [6.07, 6.45) is 1.59. The Morgan fingerprint density at radius 2 is 1.85 bits per heavy atom. The first-order valence-electron chi connectivity index (χ1n) is 8.48. The Kier molecular flexibility index (Phi) is 5.94. The Balaban J connectivity index is 1.53. The zero-order valence-corrected chi connectivity index (χ0v) is 15.9. The maximum Gasteiger partial charge on any atom is 0.262 e. The number of halogens is 1. The zero-order valence-electron chi connectivity index (χ0n) is 15.1. The van der Waals surface area contributed by atoms with Crippen LogP contribution in [0.1, 0.15) is 11.1 Å². The van der Waals surface area contributed by atoms with Crippen LogP contribution < -0.4 is 15.4 Å². The number of aryl methyl sites for hydroxylation is 2. The van der Waals surface area contributed by atoms with Crippen molar-refractivity contribution < 1.29 is 9.53 Å². The summed E-state index contributed by atoms with van der Waals surface area (Å²) in [7, 11) is 0. The van der Waals surface area contributed by atoms with Crippen LogP contribution in [0, 0.1) is 13.8 Å². The van der Waals surface area contributed by atoms with Gasteiger partial charge >= 0.3 is 0 Å². The number of ether oxygens (including phenoxy) is 1. The lowest BCUT2D eigenvalue weighted by Crippen LogP contribution is -2.20. The maximum atomic E-state index is 12.0. The highest BCUT2D eigenvalue weighted by atomic mass is 35.5. The molecule has 0 saturated heterocycles. The molecular weight excluding hydrogens is 362 g/mol. The predicted octanol–water partition coefficient (Wildman–Crippen LogP) is 5.11. The molecule has 27 heavy (non-hydrogen) atoms. The number of nitrogens with one attached hydrogen (secondary N) is 2. The molecule has 0 bridgehead atoms. The van der Waals surface area contributed by atoms with Gasteiger partial charge in [0, 0.05) is 10.7 Å². The van der Waals surface area contributed by atoms with Crippen LogP contribution in [0.5, 0.6) is 5.75 Å². The van der Waals surface area contributed by atoms with Crippen LogP contribution in [-0.2, 0) is 4.79 Å². The first-order valence-corrected chi connectivity index (χ1v) is 8.86. The van der Waals surface area contributed by atoms with Gasteiger partial charge in [0.2, 0.25) is 0 Å². The van der Waals surface area contributed by atoms with E-state index in [9.17, 15) is 4.79 Å². The molecule has 2 N–H and O–H groups in total. The molecule has 0 unspecified atom stereocenters. The normalized spacial score (nSPS) is 10.3. The first kappa shape index (κ1) is 18.7. The number of aromatic nitrogens is 1. The number of carbonyl (C=O) groups is 1. The van der Waals surface area contributed by atoms with Crippen LogP contribution >= 0.6 is 11.6 Å². The maximum absolute atomic E-state index is 12.0. The van der Waals surface area contributed by atoms with Crippen molar-refractivity contribution in [3.63, 3.8) is 0 Å². The molecule has 2 aromatic carbocycles. The van der Waals surface area contributed by atoms with Gasteiger partial charge in [-0.25, -0.2) is 4.98 Å². The van der Waals surface area contributed by atoms with Gasteiger partial charge < -0.3 is 15.4 Å². The van der Waals surface area contributed by atoms with E-state index in [0.29, 0.717) is 22.3 Å². The van der Waals surface area contributed by atoms with E-state index in [2.05, 4.69) is 15.6 Å². The van der Waals surface area contributed by atoms with Gasteiger partial charge in [0.1, 0.15) is 11.6 Å². The monoisotopic (exact) mass is 381 g/mol. The van der Waals surface area contributed by atoms with Crippen molar-refractivity contribution in [3.8, 4) is 5.75 Å². The van der Waals surface area contributed by atoms with Gasteiger partial charge in [0.25, 0.3) is 5.91 Å². The molecule has 5 nitrogen and oxygen atoms in total. The van der Waals surface area contributed by atoms with Crippen LogP contribution in [0.15, 0.2) is 60.8 Å². The molecule has 3 rings (SSSR count). The van der Waals surface area contributed by atoms with Gasteiger partial charge in [-0.15, -0.1) is 0 Å². The molecule has 0 aliphatic carbocycles. The van der Waals surface area contributed by atoms with E-state index in [1.54, 1.807) is 18.3 Å². The Bertz CT molecular complexity index is 925. The molecule has 138 valence electrons. The molecule has 1 amide bonds. The molecule has 0 fully saturated rings. The highest BCUT2D eigenvalue weighted by Crippen LogP contribution is 2.23. The minimum Gasteiger partial charge on any atom is -0.484 e. The third-order valence-electron chi connectivity index (χ3n) is 3.89. The number of pyridine rings is 1. The Morgan fingerprint density at radius 1 is 1.07 bits per heavy atom. The largest absolute Gasteiger partial charge is 0.484 e. The van der Waals surface area contributed by atoms with Crippen molar-refractivity contribution in [1.29, 1.82) is 0 Å². The van der Waals surface area contributed by atoms with E-state index in [1.807, 2.05) is 56.3 Å². The number of amides is 1. The van der Waals surface area contributed by atoms with Crippen molar-refractivity contribution in [3.05, 3.63) is 76.9 Å². The summed E-state index contributed by atoms with van der Waals surface area (Å²) < 4.78 is 5.46. The summed E-state index contributed by atoms with van der Waals surface area (Å²) >= 11 is 5.97. The van der Waals surface area contributed by atoms with Crippen molar-refractivity contribution in [2.45, 2.75) is 13.8 Å². The van der Waals surface area contributed by atoms with Gasteiger partial charge in [-0.2, -0.15) is 0 Å². The fourth-order valence-corrected chi connectivity index (χ4v) is 2.65. The summed E-state index contributed by atoms with van der Waals surface area (Å²) in [5.41, 5.74) is 3.69. The average Bonchev–Trinajstić information content (AvgIpc) is 2.65. The average molecular weight is 382 g/mol. The van der Waals surface area contributed by atoms with Crippen molar-refractivity contribution >= 4 is 34.7 Å². The lowest BCUT2D eigenvalue weighted by atomic mass is 10.2. The molecule has 6 heteroatoms. The number of rotatable bonds is 6. The van der Waals surface area contributed by atoms with Crippen molar-refractivity contribution in [1.82, 2.24) is 4.98 Å². The second kappa shape index (κ2) is 8.56. The molecule has 1 heterocycles. The standard InChI is InChI=1S/C21H20ClN3O2/c1-14-3-7-18(8-4-14)27-13-21(26)24-17-6-10-20(23-12-17)25-19-9-5-16(22)11-15(19)2/h3-12H,13H2,1-2H3,(H,23,25)(H,24,26). The van der Waals surface area contributed by atoms with Gasteiger partial charge in [-0.05, 0) is 61.9 Å². The number of anilines is 3. The number of carbonyl (C=O) groups excluding carboxylic acids is 1. The summed E-state index contributed by atoms with van der Waals surface area (Å²) in [6, 6.07) is 16.7. The smallest absolute Gasteiger partial charge is 0.262 e. The SMILES string of the molecule is Cc1ccc(OCC(=O)Nc2ccc(Nc3ccc(Cl)cc3C)nc2)cc1. The van der Waals surface area contributed by atoms with Crippen LogP contribution in [0.3, 0.4) is 0 Å². The topological polar surface area (TPSA) is 63.2 Å². The lowest BCUT2D eigenvalue weighted by Gasteiger charge is -2.10. The zero-order chi connectivity index (χ0) is 19.2. The number of nitrogens with zero attached hydrogens (tertiary/aromatic N) is 1. The van der Waals surface area contributed by atoms with Crippen LogP contribution in [0.4, 0.5) is 17.2 Å². The second-order valence-corrected chi connectivity index (χ2v) is 6.60. The van der Waals surface area contributed by atoms with Gasteiger partial charge in [0.15, 0.2) is 6.61 Å². The highest BCUT2D eigenvalue weighted by Gasteiger charge is 2.05. The van der Waals surface area contributed by atoms with E-state index >= 15 is 0 Å². The second-order valence-electron chi connectivity index (χ2n) is 6.17. The molecule has 3 aromatic rings. The molecular formula is C21H20ClN3O2. The summed E-state index contributed by atoms with van der Waals surface area (Å²) in [5.74, 6) is 1.09. The Labute approximate surface area is 163 Å². The summed E-state index contributed by atoms with van der Waals surface area (Å²) in [5, 5.41) is 6.68. The van der Waals surface area contributed by atoms with Crippen molar-refractivity contribution in [2.24, 2.45) is 0 Å². The van der Waals surface area contributed by atoms with Gasteiger partial charge in [-0.3, -0.25) is 4.79 Å². The number of benzene rings is 2. The molecule has 0 aliphatic heterocycles. The highest BCUT2D eigenvalue weighted by molar-refractivity contribution is 6.30. The van der Waals surface area contributed by atoms with Gasteiger partial charge in [-0.1, -0.05) is 29.3 Å². The minimum absolute atomic E-state index is 0.0625. The fourth-order valence-electron chi connectivity index (χ4n) is 2.43. The number of hydrogen-bond donors (Lipinski definition) is 2. The van der Waals surface area contributed by atoms with E-state index in [1.165, 1.54) is 0 Å². The predicted molar refractivity (Wildman–Crippen MR) is 109 cm³/mol. The Hall–Kier alpha value is -3.05. The summed E-state index contributed by atoms with van der Waals surface area (Å²) in [6.45, 7) is 3.90. The molecule has 0 saturated carbocycles. The fraction of sp³-hybridized carbons (Fsp3) is 0.143. The van der Waals surface area contributed by atoms with Crippen molar-refractivity contribution in [2.75, 3.05) is 17.2 Å². The number of hydrogen-bond acceptors (Lipinski definition) is 4. The summed E-state index contributed by atoms with van der Waals surface area (Å²) in [4.78, 5) is 16.3. The molecule has 0 atom stereocenters. The third kappa shape index (κ3) is 5.46. The van der Waals surface area contributed by atoms with Crippen LogP contribution in [0.2, 0.25) is 5.02 Å². The molecule has 1 aromatic heterocycles. The Morgan fingerprint density at radius 3 is 2.52 bits per heavy atom. The molecule has 0 aliphatic rings. The van der Waals surface area contributed by atoms with Crippen LogP contribution in [-0.4, -0.2) is 17.5 Å². The van der Waals surface area contributed by atoms with E-state index in [-0.39, 0.29) is 12.5 Å². The van der Waals surface area contributed by atoms with Crippen LogP contribution in [0.25, 0.3) is 0 Å². The third-order valence-corrected chi connectivity index (χ3v) is 4.12. The van der Waals surface area contributed by atoms with E-state index in [4.69, 9.17) is 16.3 Å².